The summed E-state index contributed by atoms with van der Waals surface area (Å²) in [4.78, 5) is 0. The third-order valence-corrected chi connectivity index (χ3v) is 1.80. The summed E-state index contributed by atoms with van der Waals surface area (Å²) in [5, 5.41) is 6.29. The average Bonchev–Trinajstić information content (AvgIpc) is 2.69. The van der Waals surface area contributed by atoms with Gasteiger partial charge in [-0.05, 0) is 6.07 Å². The second-order valence-electron chi connectivity index (χ2n) is 2.76. The second kappa shape index (κ2) is 3.38. The van der Waals surface area contributed by atoms with Crippen LogP contribution in [0.15, 0.2) is 28.8 Å². The summed E-state index contributed by atoms with van der Waals surface area (Å²) in [6.45, 7) is 0. The summed E-state index contributed by atoms with van der Waals surface area (Å²) in [6, 6.07) is 5.02. The third kappa shape index (κ3) is 1.83. The zero-order valence-electron chi connectivity index (χ0n) is 7.25. The Labute approximate surface area is 82.5 Å². The maximum atomic E-state index is 12.5. The Hall–Kier alpha value is -1.85. The minimum Gasteiger partial charge on any atom is -0.336 e. The van der Waals surface area contributed by atoms with E-state index in [0.29, 0.717) is 0 Å². The van der Waals surface area contributed by atoms with Crippen molar-refractivity contribution in [2.75, 3.05) is 0 Å². The van der Waals surface area contributed by atoms with Crippen molar-refractivity contribution in [3.05, 3.63) is 36.0 Å². The Morgan fingerprint density at radius 3 is 2.53 bits per heavy atom. The molecule has 0 aliphatic carbocycles. The number of aromatic nitrogens is 2. The Bertz CT molecular complexity index is 451. The van der Waals surface area contributed by atoms with Gasteiger partial charge in [0.15, 0.2) is 12.0 Å². The first-order valence-electron chi connectivity index (χ1n) is 3.95. The summed E-state index contributed by atoms with van der Waals surface area (Å²) in [6.07, 6.45) is -2.20. The van der Waals surface area contributed by atoms with Crippen LogP contribution in [-0.4, -0.2) is 10.4 Å². The molecular formula is C9H4F3N2O. The van der Waals surface area contributed by atoms with Crippen molar-refractivity contribution >= 4 is 0 Å². The summed E-state index contributed by atoms with van der Waals surface area (Å²) in [5.41, 5.74) is -0.908. The van der Waals surface area contributed by atoms with Gasteiger partial charge in [0.05, 0.1) is 5.56 Å². The quantitative estimate of drug-likeness (QED) is 0.730. The third-order valence-electron chi connectivity index (χ3n) is 1.80. The molecule has 0 amide bonds. The summed E-state index contributed by atoms with van der Waals surface area (Å²) in [7, 11) is 0. The van der Waals surface area contributed by atoms with Gasteiger partial charge in [-0.25, -0.2) is 0 Å². The van der Waals surface area contributed by atoms with Gasteiger partial charge in [0.2, 0.25) is 0 Å². The number of halogens is 3. The molecule has 0 atom stereocenters. The first-order chi connectivity index (χ1) is 7.09. The van der Waals surface area contributed by atoms with E-state index in [-0.39, 0.29) is 11.3 Å². The molecule has 0 unspecified atom stereocenters. The van der Waals surface area contributed by atoms with Gasteiger partial charge in [-0.1, -0.05) is 18.2 Å². The standard InChI is InChI=1S/C9H4F3N2O/c10-9(11,12)7-4-2-1-3-6(7)8-5-13-14-15-8/h1-4H. The van der Waals surface area contributed by atoms with Crippen LogP contribution in [0.5, 0.6) is 0 Å². The van der Waals surface area contributed by atoms with Crippen molar-refractivity contribution in [3.8, 4) is 11.3 Å². The second-order valence-corrected chi connectivity index (χ2v) is 2.76. The molecule has 0 spiro atoms. The van der Waals surface area contributed by atoms with Gasteiger partial charge in [-0.2, -0.15) is 13.2 Å². The van der Waals surface area contributed by atoms with Crippen molar-refractivity contribution in [1.29, 1.82) is 0 Å². The molecule has 0 saturated heterocycles. The Balaban J connectivity index is 2.58. The Morgan fingerprint density at radius 1 is 1.20 bits per heavy atom. The van der Waals surface area contributed by atoms with Crippen molar-refractivity contribution in [3.63, 3.8) is 0 Å². The molecule has 77 valence electrons. The van der Waals surface area contributed by atoms with Gasteiger partial charge in [0, 0.05) is 10.8 Å². The SMILES string of the molecule is FC(F)(F)c1ccccc1-c1[c]nno1. The lowest BCUT2D eigenvalue weighted by atomic mass is 10.1. The summed E-state index contributed by atoms with van der Waals surface area (Å²) in [5.74, 6) is -0.122. The smallest absolute Gasteiger partial charge is 0.336 e. The maximum absolute atomic E-state index is 12.5. The van der Waals surface area contributed by atoms with Crippen LogP contribution < -0.4 is 0 Å². The molecule has 0 aliphatic rings. The number of hydrogen-bond donors (Lipinski definition) is 0. The van der Waals surface area contributed by atoms with Crippen LogP contribution in [0.3, 0.4) is 0 Å². The minimum atomic E-state index is -4.43. The maximum Gasteiger partial charge on any atom is 0.417 e. The van der Waals surface area contributed by atoms with E-state index in [0.717, 1.165) is 6.07 Å². The predicted molar refractivity (Wildman–Crippen MR) is 43.6 cm³/mol. The van der Waals surface area contributed by atoms with Gasteiger partial charge in [-0.3, -0.25) is 0 Å². The van der Waals surface area contributed by atoms with Crippen molar-refractivity contribution < 1.29 is 17.7 Å². The molecule has 0 bridgehead atoms. The number of benzene rings is 1. The molecule has 1 aromatic heterocycles. The first-order valence-corrected chi connectivity index (χ1v) is 3.95. The van der Waals surface area contributed by atoms with Crippen LogP contribution in [0, 0.1) is 6.20 Å². The zero-order chi connectivity index (χ0) is 10.9. The Kier molecular flexibility index (Phi) is 2.18. The molecule has 6 heteroatoms. The van der Waals surface area contributed by atoms with E-state index < -0.39 is 11.7 Å². The van der Waals surface area contributed by atoms with Gasteiger partial charge in [0.25, 0.3) is 0 Å². The molecule has 1 aromatic carbocycles. The molecule has 2 aromatic rings. The van der Waals surface area contributed by atoms with Crippen molar-refractivity contribution in [2.24, 2.45) is 0 Å². The van der Waals surface area contributed by atoms with Crippen LogP contribution in [0.1, 0.15) is 5.56 Å². The van der Waals surface area contributed by atoms with Gasteiger partial charge >= 0.3 is 6.18 Å². The molecule has 15 heavy (non-hydrogen) atoms. The summed E-state index contributed by atoms with van der Waals surface area (Å²) < 4.78 is 42.2. The molecule has 0 fully saturated rings. The van der Waals surface area contributed by atoms with E-state index in [4.69, 9.17) is 0 Å². The van der Waals surface area contributed by atoms with Crippen LogP contribution >= 0.6 is 0 Å². The van der Waals surface area contributed by atoms with Crippen LogP contribution in [0.2, 0.25) is 0 Å². The Morgan fingerprint density at radius 2 is 1.93 bits per heavy atom. The highest BCUT2D eigenvalue weighted by molar-refractivity contribution is 5.61. The first kappa shape index (κ1) is 9.70. The van der Waals surface area contributed by atoms with Crippen LogP contribution in [0.4, 0.5) is 13.2 Å². The fourth-order valence-corrected chi connectivity index (χ4v) is 1.19. The average molecular weight is 213 g/mol. The van der Waals surface area contributed by atoms with E-state index in [1.54, 1.807) is 0 Å². The van der Waals surface area contributed by atoms with E-state index in [9.17, 15) is 13.2 Å². The zero-order valence-corrected chi connectivity index (χ0v) is 7.25. The minimum absolute atomic E-state index is 0.116. The lowest BCUT2D eigenvalue weighted by molar-refractivity contribution is -0.137. The van der Waals surface area contributed by atoms with Crippen molar-refractivity contribution in [2.45, 2.75) is 6.18 Å². The summed E-state index contributed by atoms with van der Waals surface area (Å²) >= 11 is 0. The number of rotatable bonds is 1. The van der Waals surface area contributed by atoms with E-state index in [1.807, 2.05) is 0 Å². The largest absolute Gasteiger partial charge is 0.417 e. The van der Waals surface area contributed by atoms with E-state index >= 15 is 0 Å². The topological polar surface area (TPSA) is 38.9 Å². The van der Waals surface area contributed by atoms with Gasteiger partial charge in [0.1, 0.15) is 0 Å². The predicted octanol–water partition coefficient (Wildman–Crippen LogP) is 2.56. The van der Waals surface area contributed by atoms with Gasteiger partial charge < -0.3 is 4.52 Å². The van der Waals surface area contributed by atoms with Crippen LogP contribution in [-0.2, 0) is 6.18 Å². The number of hydrogen-bond acceptors (Lipinski definition) is 3. The highest BCUT2D eigenvalue weighted by atomic mass is 19.4. The molecule has 1 radical (unpaired) electrons. The highest BCUT2D eigenvalue weighted by Crippen LogP contribution is 2.36. The van der Waals surface area contributed by atoms with Crippen molar-refractivity contribution in [1.82, 2.24) is 10.4 Å². The molecule has 3 nitrogen and oxygen atoms in total. The number of nitrogens with zero attached hydrogens (tertiary/aromatic N) is 2. The van der Waals surface area contributed by atoms with Crippen LogP contribution in [0.25, 0.3) is 11.3 Å². The number of alkyl halides is 3. The lowest BCUT2D eigenvalue weighted by Gasteiger charge is -2.09. The monoisotopic (exact) mass is 213 g/mol. The fraction of sp³-hybridized carbons (Fsp3) is 0.111. The lowest BCUT2D eigenvalue weighted by Crippen LogP contribution is -2.06. The fourth-order valence-electron chi connectivity index (χ4n) is 1.19. The normalized spacial score (nSPS) is 11.7. The van der Waals surface area contributed by atoms with E-state index in [2.05, 4.69) is 21.1 Å². The van der Waals surface area contributed by atoms with E-state index in [1.165, 1.54) is 18.2 Å². The molecular weight excluding hydrogens is 209 g/mol. The molecule has 1 heterocycles. The molecule has 2 rings (SSSR count). The molecule has 0 aliphatic heterocycles. The molecule has 0 saturated carbocycles. The van der Waals surface area contributed by atoms with Gasteiger partial charge in [-0.15, -0.1) is 5.10 Å². The highest BCUT2D eigenvalue weighted by Gasteiger charge is 2.34. The molecule has 0 N–H and O–H groups in total.